The van der Waals surface area contributed by atoms with Crippen LogP contribution >= 0.6 is 0 Å². The van der Waals surface area contributed by atoms with Gasteiger partial charge in [0.15, 0.2) is 0 Å². The van der Waals surface area contributed by atoms with Gasteiger partial charge in [-0.1, -0.05) is 0 Å². The Hall–Kier alpha value is -1.55. The molecule has 4 heteroatoms. The zero-order valence-corrected chi connectivity index (χ0v) is 8.12. The summed E-state index contributed by atoms with van der Waals surface area (Å²) in [7, 11) is 0. The number of hydrogen-bond donors (Lipinski definition) is 3. The number of nitrogens with one attached hydrogen (secondary N) is 3. The predicted octanol–water partition coefficient (Wildman–Crippen LogP) is 1.59. The van der Waals surface area contributed by atoms with E-state index in [4.69, 9.17) is 0 Å². The summed E-state index contributed by atoms with van der Waals surface area (Å²) in [5.41, 5.74) is 2.45. The SMILES string of the molecule is CC(NCc1cc[nH]c1)c1cn[nH]c1. The largest absolute Gasteiger partial charge is 0.367 e. The van der Waals surface area contributed by atoms with Crippen molar-refractivity contribution in [2.45, 2.75) is 19.5 Å². The standard InChI is InChI=1S/C10H14N4/c1-8(10-6-13-14-7-10)12-5-9-2-3-11-4-9/h2-4,6-8,11-12H,5H2,1H3,(H,13,14). The van der Waals surface area contributed by atoms with Gasteiger partial charge in [-0.2, -0.15) is 5.10 Å². The molecule has 1 unspecified atom stereocenters. The van der Waals surface area contributed by atoms with Gasteiger partial charge in [-0.15, -0.1) is 0 Å². The van der Waals surface area contributed by atoms with Gasteiger partial charge in [0, 0.05) is 36.7 Å². The number of aromatic nitrogens is 3. The highest BCUT2D eigenvalue weighted by atomic mass is 15.1. The number of aromatic amines is 2. The van der Waals surface area contributed by atoms with E-state index in [-0.39, 0.29) is 0 Å². The number of rotatable bonds is 4. The molecule has 0 fully saturated rings. The second kappa shape index (κ2) is 4.11. The van der Waals surface area contributed by atoms with E-state index in [9.17, 15) is 0 Å². The summed E-state index contributed by atoms with van der Waals surface area (Å²) in [5, 5.41) is 10.1. The summed E-state index contributed by atoms with van der Waals surface area (Å²) in [6, 6.07) is 2.39. The summed E-state index contributed by atoms with van der Waals surface area (Å²) in [6.45, 7) is 2.99. The fraction of sp³-hybridized carbons (Fsp3) is 0.300. The maximum absolute atomic E-state index is 3.92. The Labute approximate surface area is 82.7 Å². The first-order valence-corrected chi connectivity index (χ1v) is 4.70. The first kappa shape index (κ1) is 9.02. The van der Waals surface area contributed by atoms with Crippen LogP contribution < -0.4 is 5.32 Å². The third-order valence-electron chi connectivity index (χ3n) is 2.29. The molecule has 0 aromatic carbocycles. The van der Waals surface area contributed by atoms with Gasteiger partial charge in [0.05, 0.1) is 6.20 Å². The minimum absolute atomic E-state index is 0.323. The van der Waals surface area contributed by atoms with Crippen molar-refractivity contribution in [3.8, 4) is 0 Å². The van der Waals surface area contributed by atoms with Crippen molar-refractivity contribution in [3.05, 3.63) is 42.0 Å². The maximum Gasteiger partial charge on any atom is 0.0534 e. The molecule has 0 aliphatic rings. The van der Waals surface area contributed by atoms with Gasteiger partial charge in [-0.3, -0.25) is 5.10 Å². The van der Waals surface area contributed by atoms with Crippen molar-refractivity contribution in [1.29, 1.82) is 0 Å². The van der Waals surface area contributed by atoms with Crippen molar-refractivity contribution in [2.75, 3.05) is 0 Å². The molecular weight excluding hydrogens is 176 g/mol. The molecule has 2 rings (SSSR count). The lowest BCUT2D eigenvalue weighted by molar-refractivity contribution is 0.575. The second-order valence-corrected chi connectivity index (χ2v) is 3.35. The average molecular weight is 190 g/mol. The molecule has 0 saturated heterocycles. The first-order valence-electron chi connectivity index (χ1n) is 4.70. The van der Waals surface area contributed by atoms with Gasteiger partial charge in [0.25, 0.3) is 0 Å². The number of H-pyrrole nitrogens is 2. The van der Waals surface area contributed by atoms with Crippen LogP contribution in [0, 0.1) is 0 Å². The molecule has 0 aliphatic heterocycles. The Balaban J connectivity index is 1.87. The number of hydrogen-bond acceptors (Lipinski definition) is 2. The van der Waals surface area contributed by atoms with Crippen LogP contribution in [-0.4, -0.2) is 15.2 Å². The van der Waals surface area contributed by atoms with E-state index in [0.29, 0.717) is 6.04 Å². The van der Waals surface area contributed by atoms with E-state index >= 15 is 0 Å². The molecule has 4 nitrogen and oxygen atoms in total. The Bertz CT molecular complexity index is 349. The molecule has 0 bridgehead atoms. The molecule has 2 heterocycles. The van der Waals surface area contributed by atoms with Gasteiger partial charge < -0.3 is 10.3 Å². The van der Waals surface area contributed by atoms with Gasteiger partial charge in [-0.25, -0.2) is 0 Å². The van der Waals surface area contributed by atoms with E-state index in [1.165, 1.54) is 11.1 Å². The van der Waals surface area contributed by atoms with Crippen LogP contribution in [0.4, 0.5) is 0 Å². The third kappa shape index (κ3) is 2.03. The topological polar surface area (TPSA) is 56.5 Å². The van der Waals surface area contributed by atoms with Crippen molar-refractivity contribution in [3.63, 3.8) is 0 Å². The zero-order chi connectivity index (χ0) is 9.80. The molecule has 3 N–H and O–H groups in total. The quantitative estimate of drug-likeness (QED) is 0.685. The molecule has 1 atom stereocenters. The minimum atomic E-state index is 0.323. The molecule has 2 aromatic heterocycles. The van der Waals surface area contributed by atoms with E-state index < -0.39 is 0 Å². The summed E-state index contributed by atoms with van der Waals surface area (Å²) in [4.78, 5) is 3.03. The molecule has 2 aromatic rings. The van der Waals surface area contributed by atoms with Crippen molar-refractivity contribution in [2.24, 2.45) is 0 Å². The normalized spacial score (nSPS) is 12.9. The van der Waals surface area contributed by atoms with Crippen LogP contribution in [0.15, 0.2) is 30.9 Å². The lowest BCUT2D eigenvalue weighted by atomic mass is 10.2. The van der Waals surface area contributed by atoms with E-state index in [2.05, 4.69) is 33.5 Å². The van der Waals surface area contributed by atoms with Crippen molar-refractivity contribution < 1.29 is 0 Å². The minimum Gasteiger partial charge on any atom is -0.367 e. The van der Waals surface area contributed by atoms with Crippen LogP contribution in [0.25, 0.3) is 0 Å². The highest BCUT2D eigenvalue weighted by molar-refractivity contribution is 5.11. The fourth-order valence-corrected chi connectivity index (χ4v) is 1.35. The highest BCUT2D eigenvalue weighted by Crippen LogP contribution is 2.09. The Morgan fingerprint density at radius 3 is 3.07 bits per heavy atom. The van der Waals surface area contributed by atoms with Gasteiger partial charge in [0.1, 0.15) is 0 Å². The van der Waals surface area contributed by atoms with Crippen LogP contribution in [0.2, 0.25) is 0 Å². The van der Waals surface area contributed by atoms with Crippen molar-refractivity contribution in [1.82, 2.24) is 20.5 Å². The van der Waals surface area contributed by atoms with E-state index in [0.717, 1.165) is 6.54 Å². The smallest absolute Gasteiger partial charge is 0.0534 e. The van der Waals surface area contributed by atoms with Crippen LogP contribution in [0.3, 0.4) is 0 Å². The zero-order valence-electron chi connectivity index (χ0n) is 8.12. The molecule has 0 saturated carbocycles. The summed E-state index contributed by atoms with van der Waals surface area (Å²) >= 11 is 0. The van der Waals surface area contributed by atoms with E-state index in [1.807, 2.05) is 24.8 Å². The third-order valence-corrected chi connectivity index (χ3v) is 2.29. The second-order valence-electron chi connectivity index (χ2n) is 3.35. The monoisotopic (exact) mass is 190 g/mol. The molecule has 0 aliphatic carbocycles. The van der Waals surface area contributed by atoms with Gasteiger partial charge in [-0.05, 0) is 18.6 Å². The summed E-state index contributed by atoms with van der Waals surface area (Å²) in [6.07, 6.45) is 7.68. The molecule has 0 spiro atoms. The van der Waals surface area contributed by atoms with Crippen LogP contribution in [-0.2, 0) is 6.54 Å². The lowest BCUT2D eigenvalue weighted by Gasteiger charge is -2.10. The Morgan fingerprint density at radius 1 is 1.50 bits per heavy atom. The Kier molecular flexibility index (Phi) is 2.65. The van der Waals surface area contributed by atoms with E-state index in [1.54, 1.807) is 0 Å². The van der Waals surface area contributed by atoms with Crippen LogP contribution in [0.1, 0.15) is 24.1 Å². The lowest BCUT2D eigenvalue weighted by Crippen LogP contribution is -2.17. The van der Waals surface area contributed by atoms with Crippen LogP contribution in [0.5, 0.6) is 0 Å². The highest BCUT2D eigenvalue weighted by Gasteiger charge is 2.04. The van der Waals surface area contributed by atoms with Gasteiger partial charge in [0.2, 0.25) is 0 Å². The van der Waals surface area contributed by atoms with Gasteiger partial charge >= 0.3 is 0 Å². The number of nitrogens with zero attached hydrogens (tertiary/aromatic N) is 1. The molecule has 74 valence electrons. The molecule has 0 radical (unpaired) electrons. The molecule has 0 amide bonds. The summed E-state index contributed by atoms with van der Waals surface area (Å²) < 4.78 is 0. The fourth-order valence-electron chi connectivity index (χ4n) is 1.35. The Morgan fingerprint density at radius 2 is 2.43 bits per heavy atom. The predicted molar refractivity (Wildman–Crippen MR) is 54.6 cm³/mol. The molecular formula is C10H14N4. The maximum atomic E-state index is 3.92. The summed E-state index contributed by atoms with van der Waals surface area (Å²) in [5.74, 6) is 0. The van der Waals surface area contributed by atoms with Crippen molar-refractivity contribution >= 4 is 0 Å². The average Bonchev–Trinajstić information content (AvgIpc) is 2.87. The molecule has 14 heavy (non-hydrogen) atoms. The first-order chi connectivity index (χ1) is 6.86.